The number of aromatic nitrogens is 3. The minimum Gasteiger partial charge on any atom is -0.444 e. The highest BCUT2D eigenvalue weighted by molar-refractivity contribution is 5.68. The van der Waals surface area contributed by atoms with Crippen molar-refractivity contribution >= 4 is 6.09 Å². The lowest BCUT2D eigenvalue weighted by atomic mass is 9.98. The van der Waals surface area contributed by atoms with Gasteiger partial charge in [-0.3, -0.25) is 5.10 Å². The summed E-state index contributed by atoms with van der Waals surface area (Å²) in [6.07, 6.45) is 3.29. The zero-order valence-electron chi connectivity index (χ0n) is 11.1. The van der Waals surface area contributed by atoms with Crippen LogP contribution in [0.1, 0.15) is 45.4 Å². The number of H-pyrrole nitrogens is 1. The first-order valence-corrected chi connectivity index (χ1v) is 6.29. The topological polar surface area (TPSA) is 71.1 Å². The van der Waals surface area contributed by atoms with E-state index < -0.39 is 5.60 Å². The van der Waals surface area contributed by atoms with Crippen molar-refractivity contribution < 1.29 is 9.53 Å². The number of nitrogens with zero attached hydrogens (tertiary/aromatic N) is 3. The van der Waals surface area contributed by atoms with Crippen LogP contribution >= 0.6 is 0 Å². The maximum atomic E-state index is 12.0. The van der Waals surface area contributed by atoms with Crippen molar-refractivity contribution in [3.05, 3.63) is 12.2 Å². The first-order chi connectivity index (χ1) is 8.46. The van der Waals surface area contributed by atoms with E-state index in [1.807, 2.05) is 20.8 Å². The molecule has 1 aromatic rings. The summed E-state index contributed by atoms with van der Waals surface area (Å²) in [7, 11) is 0. The molecule has 2 heterocycles. The van der Waals surface area contributed by atoms with Gasteiger partial charge in [-0.1, -0.05) is 0 Å². The average molecular weight is 252 g/mol. The largest absolute Gasteiger partial charge is 0.444 e. The molecule has 0 aromatic carbocycles. The van der Waals surface area contributed by atoms with Crippen LogP contribution in [0.4, 0.5) is 4.79 Å². The molecule has 1 saturated heterocycles. The number of hydrogen-bond donors (Lipinski definition) is 1. The highest BCUT2D eigenvalue weighted by Gasteiger charge is 2.29. The minimum absolute atomic E-state index is 0.206. The second-order valence-corrected chi connectivity index (χ2v) is 5.62. The minimum atomic E-state index is -0.450. The van der Waals surface area contributed by atoms with Crippen molar-refractivity contribution in [3.63, 3.8) is 0 Å². The molecule has 6 heteroatoms. The number of likely N-dealkylation sites (tertiary alicyclic amines) is 1. The predicted molar refractivity (Wildman–Crippen MR) is 66.2 cm³/mol. The molecule has 0 saturated carbocycles. The van der Waals surface area contributed by atoms with E-state index in [9.17, 15) is 4.79 Å². The normalized spacial score (nSPS) is 20.8. The van der Waals surface area contributed by atoms with E-state index >= 15 is 0 Å². The molecule has 1 fully saturated rings. The number of aromatic amines is 1. The Morgan fingerprint density at radius 1 is 1.56 bits per heavy atom. The molecule has 1 amide bonds. The van der Waals surface area contributed by atoms with Crippen LogP contribution in [0.5, 0.6) is 0 Å². The number of carbonyl (C=O) groups is 1. The number of piperidine rings is 1. The lowest BCUT2D eigenvalue weighted by molar-refractivity contribution is 0.0196. The molecule has 1 N–H and O–H groups in total. The van der Waals surface area contributed by atoms with Gasteiger partial charge >= 0.3 is 6.09 Å². The summed E-state index contributed by atoms with van der Waals surface area (Å²) < 4.78 is 5.38. The number of nitrogens with one attached hydrogen (secondary N) is 1. The Labute approximate surface area is 107 Å². The second kappa shape index (κ2) is 4.96. The number of carbonyl (C=O) groups excluding carboxylic acids is 1. The molecule has 0 spiro atoms. The van der Waals surface area contributed by atoms with E-state index in [0.717, 1.165) is 25.2 Å². The summed E-state index contributed by atoms with van der Waals surface area (Å²) in [5.74, 6) is 0.987. The SMILES string of the molecule is CC(C)(C)OC(=O)N1CCCC(c2nc[nH]n2)C1. The summed E-state index contributed by atoms with van der Waals surface area (Å²) in [5, 5.41) is 6.81. The predicted octanol–water partition coefficient (Wildman–Crippen LogP) is 1.92. The zero-order chi connectivity index (χ0) is 13.2. The fourth-order valence-corrected chi connectivity index (χ4v) is 2.10. The molecule has 1 atom stereocenters. The number of ether oxygens (including phenoxy) is 1. The van der Waals surface area contributed by atoms with Gasteiger partial charge in [-0.05, 0) is 33.6 Å². The summed E-state index contributed by atoms with van der Waals surface area (Å²) in [6.45, 7) is 7.01. The summed E-state index contributed by atoms with van der Waals surface area (Å²) in [5.41, 5.74) is -0.450. The Morgan fingerprint density at radius 3 is 2.94 bits per heavy atom. The van der Waals surface area contributed by atoms with Crippen molar-refractivity contribution in [2.75, 3.05) is 13.1 Å². The fraction of sp³-hybridized carbons (Fsp3) is 0.750. The van der Waals surface area contributed by atoms with Crippen molar-refractivity contribution in [2.45, 2.75) is 45.1 Å². The van der Waals surface area contributed by atoms with Gasteiger partial charge in [0.15, 0.2) is 5.82 Å². The molecule has 1 aliphatic heterocycles. The molecule has 0 radical (unpaired) electrons. The first-order valence-electron chi connectivity index (χ1n) is 6.29. The van der Waals surface area contributed by atoms with Gasteiger partial charge in [0.2, 0.25) is 0 Å². The summed E-state index contributed by atoms with van der Waals surface area (Å²) in [6, 6.07) is 0. The van der Waals surface area contributed by atoms with Crippen LogP contribution in [0.25, 0.3) is 0 Å². The van der Waals surface area contributed by atoms with Gasteiger partial charge in [-0.25, -0.2) is 9.78 Å². The number of hydrogen-bond acceptors (Lipinski definition) is 4. The molecule has 1 unspecified atom stereocenters. The molecule has 2 rings (SSSR count). The Bertz CT molecular complexity index is 397. The van der Waals surface area contributed by atoms with Crippen LogP contribution in [0.15, 0.2) is 6.33 Å². The molecule has 0 bridgehead atoms. The van der Waals surface area contributed by atoms with Gasteiger partial charge in [-0.15, -0.1) is 0 Å². The van der Waals surface area contributed by atoms with Crippen molar-refractivity contribution in [2.24, 2.45) is 0 Å². The van der Waals surface area contributed by atoms with E-state index in [2.05, 4.69) is 15.2 Å². The lowest BCUT2D eigenvalue weighted by Gasteiger charge is -2.33. The van der Waals surface area contributed by atoms with Crippen LogP contribution in [0.2, 0.25) is 0 Å². The van der Waals surface area contributed by atoms with Gasteiger partial charge in [-0.2, -0.15) is 5.10 Å². The average Bonchev–Trinajstić information content (AvgIpc) is 2.80. The Morgan fingerprint density at radius 2 is 2.33 bits per heavy atom. The van der Waals surface area contributed by atoms with Crippen molar-refractivity contribution in [1.29, 1.82) is 0 Å². The highest BCUT2D eigenvalue weighted by Crippen LogP contribution is 2.25. The van der Waals surface area contributed by atoms with Gasteiger partial charge in [0.05, 0.1) is 0 Å². The van der Waals surface area contributed by atoms with E-state index in [-0.39, 0.29) is 12.0 Å². The number of amides is 1. The van der Waals surface area contributed by atoms with Crippen LogP contribution in [0.3, 0.4) is 0 Å². The van der Waals surface area contributed by atoms with E-state index in [1.165, 1.54) is 0 Å². The molecule has 0 aliphatic carbocycles. The Balaban J connectivity index is 1.96. The van der Waals surface area contributed by atoms with Gasteiger partial charge in [0.25, 0.3) is 0 Å². The molecule has 100 valence electrons. The third-order valence-electron chi connectivity index (χ3n) is 2.87. The van der Waals surface area contributed by atoms with Crippen LogP contribution in [-0.2, 0) is 4.74 Å². The monoisotopic (exact) mass is 252 g/mol. The molecular weight excluding hydrogens is 232 g/mol. The smallest absolute Gasteiger partial charge is 0.410 e. The third kappa shape index (κ3) is 3.21. The van der Waals surface area contributed by atoms with Crippen molar-refractivity contribution in [3.8, 4) is 0 Å². The summed E-state index contributed by atoms with van der Waals surface area (Å²) in [4.78, 5) is 17.9. The van der Waals surface area contributed by atoms with E-state index in [4.69, 9.17) is 4.74 Å². The van der Waals surface area contributed by atoms with Gasteiger partial charge < -0.3 is 9.64 Å². The first kappa shape index (κ1) is 12.9. The van der Waals surface area contributed by atoms with E-state index in [0.29, 0.717) is 6.54 Å². The molecule has 18 heavy (non-hydrogen) atoms. The van der Waals surface area contributed by atoms with E-state index in [1.54, 1.807) is 11.2 Å². The number of rotatable bonds is 1. The van der Waals surface area contributed by atoms with Gasteiger partial charge in [0, 0.05) is 19.0 Å². The quantitative estimate of drug-likeness (QED) is 0.829. The Hall–Kier alpha value is -1.59. The van der Waals surface area contributed by atoms with Gasteiger partial charge in [0.1, 0.15) is 11.9 Å². The maximum absolute atomic E-state index is 12.0. The van der Waals surface area contributed by atoms with Crippen molar-refractivity contribution in [1.82, 2.24) is 20.1 Å². The third-order valence-corrected chi connectivity index (χ3v) is 2.87. The Kier molecular flexibility index (Phi) is 3.54. The van der Waals surface area contributed by atoms with Crippen LogP contribution < -0.4 is 0 Å². The zero-order valence-corrected chi connectivity index (χ0v) is 11.1. The molecule has 6 nitrogen and oxygen atoms in total. The van der Waals surface area contributed by atoms with Crippen LogP contribution in [0, 0.1) is 0 Å². The highest BCUT2D eigenvalue weighted by atomic mass is 16.6. The molecular formula is C12H20N4O2. The fourth-order valence-electron chi connectivity index (χ4n) is 2.10. The summed E-state index contributed by atoms with van der Waals surface area (Å²) >= 11 is 0. The standard InChI is InChI=1S/C12H20N4O2/c1-12(2,3)18-11(17)16-6-4-5-9(7-16)10-13-8-14-15-10/h8-9H,4-7H2,1-3H3,(H,13,14,15). The molecule has 1 aromatic heterocycles. The molecule has 1 aliphatic rings. The second-order valence-electron chi connectivity index (χ2n) is 5.62. The van der Waals surface area contributed by atoms with Crippen LogP contribution in [-0.4, -0.2) is 44.9 Å². The lowest BCUT2D eigenvalue weighted by Crippen LogP contribution is -2.42. The maximum Gasteiger partial charge on any atom is 0.410 e.